The maximum atomic E-state index is 13.8. The average Bonchev–Trinajstić information content (AvgIpc) is 3.02. The van der Waals surface area contributed by atoms with Gasteiger partial charge in [-0.05, 0) is 18.4 Å². The van der Waals surface area contributed by atoms with E-state index in [1.165, 1.54) is 0 Å². The molecular formula is C17H15F3N4. The lowest BCUT2D eigenvalue weighted by Crippen LogP contribution is -2.13. The zero-order valence-electron chi connectivity index (χ0n) is 12.6. The Balaban J connectivity index is 1.76. The summed E-state index contributed by atoms with van der Waals surface area (Å²) in [4.78, 5) is 4.05. The number of hydrogen-bond acceptors (Lipinski definition) is 3. The quantitative estimate of drug-likeness (QED) is 0.751. The number of nitrogens with zero attached hydrogens (tertiary/aromatic N) is 2. The molecule has 124 valence electrons. The van der Waals surface area contributed by atoms with E-state index >= 15 is 0 Å². The van der Waals surface area contributed by atoms with Crippen LogP contribution in [0.25, 0.3) is 11.4 Å². The topological polar surface area (TPSA) is 67.6 Å². The number of aromatic amines is 1. The fourth-order valence-electron chi connectivity index (χ4n) is 2.41. The van der Waals surface area contributed by atoms with Gasteiger partial charge in [0.15, 0.2) is 5.82 Å². The van der Waals surface area contributed by atoms with Crippen molar-refractivity contribution < 1.29 is 13.2 Å². The lowest BCUT2D eigenvalue weighted by molar-refractivity contribution is 0.546. The lowest BCUT2D eigenvalue weighted by atomic mass is 10.1. The highest BCUT2D eigenvalue weighted by molar-refractivity contribution is 5.56. The molecule has 3 rings (SSSR count). The Bertz CT molecular complexity index is 810. The maximum Gasteiger partial charge on any atom is 0.187 e. The molecule has 1 aromatic heterocycles. The van der Waals surface area contributed by atoms with Crippen LogP contribution in [0.4, 0.5) is 13.2 Å². The molecular weight excluding hydrogens is 317 g/mol. The smallest absolute Gasteiger partial charge is 0.187 e. The second-order valence-corrected chi connectivity index (χ2v) is 5.42. The van der Waals surface area contributed by atoms with Crippen LogP contribution in [0, 0.1) is 17.5 Å². The zero-order valence-corrected chi connectivity index (χ0v) is 12.6. The normalized spacial score (nSPS) is 12.3. The number of nitrogens with one attached hydrogen (secondary N) is 1. The molecule has 0 aliphatic heterocycles. The van der Waals surface area contributed by atoms with Gasteiger partial charge in [0.05, 0.1) is 11.6 Å². The number of hydrogen-bond donors (Lipinski definition) is 2. The van der Waals surface area contributed by atoms with Crippen molar-refractivity contribution in [1.82, 2.24) is 15.2 Å². The summed E-state index contributed by atoms with van der Waals surface area (Å²) in [7, 11) is 0. The van der Waals surface area contributed by atoms with Crippen molar-refractivity contribution >= 4 is 0 Å². The first-order chi connectivity index (χ1) is 11.5. The Morgan fingerprint density at radius 2 is 1.71 bits per heavy atom. The van der Waals surface area contributed by atoms with Gasteiger partial charge in [-0.3, -0.25) is 5.10 Å². The minimum Gasteiger partial charge on any atom is -0.321 e. The molecule has 0 spiro atoms. The number of halogens is 3. The van der Waals surface area contributed by atoms with Crippen LogP contribution in [0.5, 0.6) is 0 Å². The van der Waals surface area contributed by atoms with Crippen LogP contribution in [0.1, 0.15) is 23.9 Å². The summed E-state index contributed by atoms with van der Waals surface area (Å²) in [6, 6.07) is 10.5. The molecule has 24 heavy (non-hydrogen) atoms. The van der Waals surface area contributed by atoms with Crippen LogP contribution in [0.2, 0.25) is 0 Å². The number of aromatic nitrogens is 3. The predicted molar refractivity (Wildman–Crippen MR) is 83.4 cm³/mol. The summed E-state index contributed by atoms with van der Waals surface area (Å²) < 4.78 is 40.5. The highest BCUT2D eigenvalue weighted by Crippen LogP contribution is 2.25. The van der Waals surface area contributed by atoms with Gasteiger partial charge in [-0.2, -0.15) is 5.10 Å². The van der Waals surface area contributed by atoms with Gasteiger partial charge >= 0.3 is 0 Å². The number of aryl methyl sites for hydroxylation is 1. The van der Waals surface area contributed by atoms with E-state index in [1.807, 2.05) is 30.3 Å². The largest absolute Gasteiger partial charge is 0.321 e. The van der Waals surface area contributed by atoms with Gasteiger partial charge in [-0.15, -0.1) is 0 Å². The molecule has 1 heterocycles. The molecule has 3 aromatic rings. The molecule has 2 aromatic carbocycles. The minimum absolute atomic E-state index is 0.185. The van der Waals surface area contributed by atoms with E-state index in [-0.39, 0.29) is 5.82 Å². The van der Waals surface area contributed by atoms with E-state index < -0.39 is 29.1 Å². The molecule has 0 radical (unpaired) electrons. The third-order valence-electron chi connectivity index (χ3n) is 3.67. The van der Waals surface area contributed by atoms with Crippen LogP contribution < -0.4 is 5.73 Å². The van der Waals surface area contributed by atoms with Gasteiger partial charge in [0.25, 0.3) is 0 Å². The molecule has 0 bridgehead atoms. The van der Waals surface area contributed by atoms with Crippen molar-refractivity contribution in [3.05, 3.63) is 71.3 Å². The molecule has 0 fully saturated rings. The molecule has 0 aliphatic rings. The molecule has 4 nitrogen and oxygen atoms in total. The van der Waals surface area contributed by atoms with Crippen LogP contribution in [0.15, 0.2) is 42.5 Å². The van der Waals surface area contributed by atoms with E-state index in [4.69, 9.17) is 5.73 Å². The third kappa shape index (κ3) is 3.46. The second-order valence-electron chi connectivity index (χ2n) is 5.42. The number of H-pyrrole nitrogens is 1. The Hall–Kier alpha value is -2.67. The summed E-state index contributed by atoms with van der Waals surface area (Å²) in [5.74, 6) is -2.98. The van der Waals surface area contributed by atoms with Gasteiger partial charge < -0.3 is 5.73 Å². The summed E-state index contributed by atoms with van der Waals surface area (Å²) in [5.41, 5.74) is 6.70. The van der Waals surface area contributed by atoms with Crippen molar-refractivity contribution in [2.75, 3.05) is 0 Å². The Labute approximate surface area is 136 Å². The average molecular weight is 332 g/mol. The van der Waals surface area contributed by atoms with Crippen molar-refractivity contribution in [3.63, 3.8) is 0 Å². The van der Waals surface area contributed by atoms with Crippen molar-refractivity contribution in [3.8, 4) is 11.4 Å². The predicted octanol–water partition coefficient (Wildman–Crippen LogP) is 3.52. The van der Waals surface area contributed by atoms with Gasteiger partial charge in [0.1, 0.15) is 23.3 Å². The lowest BCUT2D eigenvalue weighted by Gasteiger charge is -2.07. The molecule has 0 aliphatic carbocycles. The van der Waals surface area contributed by atoms with Crippen molar-refractivity contribution in [2.45, 2.75) is 18.9 Å². The van der Waals surface area contributed by atoms with E-state index in [2.05, 4.69) is 15.2 Å². The van der Waals surface area contributed by atoms with Gasteiger partial charge in [0.2, 0.25) is 0 Å². The standard InChI is InChI=1S/C17H15F3N4/c18-11-8-12(19)15(13(20)9-11)17-22-16(23-24-17)14(21)7-6-10-4-2-1-3-5-10/h1-5,8-9,14H,6-7,21H2,(H,22,23,24)/t14-/m1/s1. The van der Waals surface area contributed by atoms with E-state index in [9.17, 15) is 13.2 Å². The molecule has 0 saturated heterocycles. The first kappa shape index (κ1) is 16.2. The summed E-state index contributed by atoms with van der Waals surface area (Å²) in [5, 5.41) is 6.39. The highest BCUT2D eigenvalue weighted by atomic mass is 19.1. The zero-order chi connectivity index (χ0) is 17.1. The minimum atomic E-state index is -1.06. The Kier molecular flexibility index (Phi) is 4.61. The van der Waals surface area contributed by atoms with Crippen LogP contribution in [-0.4, -0.2) is 15.2 Å². The first-order valence-electron chi connectivity index (χ1n) is 7.41. The monoisotopic (exact) mass is 332 g/mol. The molecule has 1 atom stereocenters. The highest BCUT2D eigenvalue weighted by Gasteiger charge is 2.19. The van der Waals surface area contributed by atoms with E-state index in [0.29, 0.717) is 24.4 Å². The van der Waals surface area contributed by atoms with E-state index in [0.717, 1.165) is 12.0 Å². The fourth-order valence-corrected chi connectivity index (χ4v) is 2.41. The Morgan fingerprint density at radius 1 is 1.04 bits per heavy atom. The number of benzene rings is 2. The van der Waals surface area contributed by atoms with Gasteiger partial charge in [-0.1, -0.05) is 30.3 Å². The summed E-state index contributed by atoms with van der Waals surface area (Å²) in [6.45, 7) is 0. The number of nitrogens with two attached hydrogens (primary N) is 1. The molecule has 0 saturated carbocycles. The van der Waals surface area contributed by atoms with Crippen molar-refractivity contribution in [2.24, 2.45) is 5.73 Å². The van der Waals surface area contributed by atoms with E-state index in [1.54, 1.807) is 0 Å². The van der Waals surface area contributed by atoms with Crippen LogP contribution in [0.3, 0.4) is 0 Å². The molecule has 0 amide bonds. The summed E-state index contributed by atoms with van der Waals surface area (Å²) >= 11 is 0. The Morgan fingerprint density at radius 3 is 2.38 bits per heavy atom. The summed E-state index contributed by atoms with van der Waals surface area (Å²) in [6.07, 6.45) is 1.32. The van der Waals surface area contributed by atoms with Crippen molar-refractivity contribution in [1.29, 1.82) is 0 Å². The van der Waals surface area contributed by atoms with Crippen LogP contribution >= 0.6 is 0 Å². The fraction of sp³-hybridized carbons (Fsp3) is 0.176. The molecule has 3 N–H and O–H groups in total. The first-order valence-corrected chi connectivity index (χ1v) is 7.41. The third-order valence-corrected chi connectivity index (χ3v) is 3.67. The number of rotatable bonds is 5. The van der Waals surface area contributed by atoms with Gasteiger partial charge in [0, 0.05) is 12.1 Å². The molecule has 7 heteroatoms. The maximum absolute atomic E-state index is 13.8. The molecule has 0 unspecified atom stereocenters. The SMILES string of the molecule is N[C@H](CCc1ccccc1)c1nc(-c2c(F)cc(F)cc2F)n[nH]1. The van der Waals surface area contributed by atoms with Crippen LogP contribution in [-0.2, 0) is 6.42 Å². The van der Waals surface area contributed by atoms with Gasteiger partial charge in [-0.25, -0.2) is 18.2 Å². The second kappa shape index (κ2) is 6.84.